The molecule has 1 aromatic heterocycles. The normalized spacial score (nSPS) is 18.6. The molecule has 10 radical (unpaired) electrons. The first-order valence-electron chi connectivity index (χ1n) is 7.13. The Kier molecular flexibility index (Phi) is 9.56. The number of hydrogen-bond donors (Lipinski definition) is 2. The number of aryl methyl sites for hydroxylation is 1. The Balaban J connectivity index is 0.000000412. The minimum atomic E-state index is -1.03. The fourth-order valence-corrected chi connectivity index (χ4v) is 2.01. The molecule has 0 spiro atoms. The molecule has 1 atom stereocenters. The molecule has 2 aliphatic rings. The van der Waals surface area contributed by atoms with E-state index in [1.807, 2.05) is 37.1 Å². The van der Waals surface area contributed by atoms with Crippen LogP contribution in [0.25, 0.3) is 0 Å². The van der Waals surface area contributed by atoms with Gasteiger partial charge in [-0.2, -0.15) is 4.39 Å². The van der Waals surface area contributed by atoms with Crippen LogP contribution in [0.2, 0.25) is 0 Å². The Labute approximate surface area is 152 Å². The summed E-state index contributed by atoms with van der Waals surface area (Å²) in [5.41, 5.74) is -1.72. The van der Waals surface area contributed by atoms with Gasteiger partial charge in [0.15, 0.2) is 0 Å². The first-order valence-corrected chi connectivity index (χ1v) is 7.13. The average Bonchev–Trinajstić information content (AvgIpc) is 3.25. The van der Waals surface area contributed by atoms with Gasteiger partial charge in [0.05, 0.1) is 12.3 Å². The molecule has 0 aliphatic heterocycles. The topological polar surface area (TPSA) is 75.1 Å². The van der Waals surface area contributed by atoms with E-state index < -0.39 is 23.2 Å². The third-order valence-electron chi connectivity index (χ3n) is 3.24. The van der Waals surface area contributed by atoms with E-state index >= 15 is 0 Å². The molecule has 3 rings (SSSR count). The second kappa shape index (κ2) is 10.9. The molecular formula is C17H17FFeN2O3+2. The van der Waals surface area contributed by atoms with Crippen LogP contribution in [-0.4, -0.2) is 20.8 Å². The van der Waals surface area contributed by atoms with Gasteiger partial charge in [-0.1, -0.05) is 0 Å². The van der Waals surface area contributed by atoms with Crippen LogP contribution < -0.4 is 11.2 Å². The van der Waals surface area contributed by atoms with Crippen molar-refractivity contribution in [1.82, 2.24) is 9.55 Å². The number of aliphatic hydroxyl groups excluding tert-OH is 1. The van der Waals surface area contributed by atoms with Crippen molar-refractivity contribution < 1.29 is 26.6 Å². The molecule has 2 aliphatic carbocycles. The molecule has 126 valence electrons. The van der Waals surface area contributed by atoms with Crippen LogP contribution in [0.1, 0.15) is 6.42 Å². The number of aromatic amines is 1. The molecule has 0 aromatic carbocycles. The van der Waals surface area contributed by atoms with Crippen LogP contribution in [0.4, 0.5) is 4.39 Å². The van der Waals surface area contributed by atoms with Crippen LogP contribution in [0.3, 0.4) is 0 Å². The van der Waals surface area contributed by atoms with Crippen LogP contribution in [-0.2, 0) is 23.6 Å². The summed E-state index contributed by atoms with van der Waals surface area (Å²) in [4.78, 5) is 24.0. The molecule has 2 fully saturated rings. The van der Waals surface area contributed by atoms with Crippen molar-refractivity contribution in [3.8, 4) is 0 Å². The van der Waals surface area contributed by atoms with Gasteiger partial charge in [0.25, 0.3) is 5.56 Å². The monoisotopic (exact) mass is 372 g/mol. The Morgan fingerprint density at radius 2 is 1.58 bits per heavy atom. The van der Waals surface area contributed by atoms with Gasteiger partial charge in [-0.3, -0.25) is 14.3 Å². The van der Waals surface area contributed by atoms with Crippen molar-refractivity contribution in [1.29, 1.82) is 0 Å². The van der Waals surface area contributed by atoms with Gasteiger partial charge < -0.3 is 5.11 Å². The van der Waals surface area contributed by atoms with Crippen molar-refractivity contribution in [3.63, 3.8) is 0 Å². The second-order valence-electron chi connectivity index (χ2n) is 4.91. The Bertz CT molecular complexity index is 585. The van der Waals surface area contributed by atoms with E-state index in [-0.39, 0.29) is 30.0 Å². The number of halogens is 1. The van der Waals surface area contributed by atoms with Gasteiger partial charge >= 0.3 is 22.8 Å². The van der Waals surface area contributed by atoms with Crippen LogP contribution in [0.15, 0.2) is 15.8 Å². The maximum absolute atomic E-state index is 13.0. The summed E-state index contributed by atoms with van der Waals surface area (Å²) in [5.74, 6) is -0.273. The minimum absolute atomic E-state index is 0. The first kappa shape index (κ1) is 21.1. The fourth-order valence-electron chi connectivity index (χ4n) is 2.01. The summed E-state index contributed by atoms with van der Waals surface area (Å²) in [5, 5.41) is 9.80. The number of nitrogens with zero attached hydrogens (tertiary/aromatic N) is 1. The van der Waals surface area contributed by atoms with Crippen LogP contribution in [0.5, 0.6) is 0 Å². The number of nitrogens with one attached hydrogen (secondary N) is 1. The number of aliphatic hydroxyl groups is 1. The molecule has 2 N–H and O–H groups in total. The number of H-pyrrole nitrogens is 1. The molecule has 0 bridgehead atoms. The van der Waals surface area contributed by atoms with E-state index in [1.54, 1.807) is 25.7 Å². The maximum atomic E-state index is 13.0. The third-order valence-corrected chi connectivity index (χ3v) is 3.24. The largest absolute Gasteiger partial charge is 2.00 e. The molecule has 1 heterocycles. The predicted molar refractivity (Wildman–Crippen MR) is 83.8 cm³/mol. The van der Waals surface area contributed by atoms with E-state index in [4.69, 9.17) is 0 Å². The summed E-state index contributed by atoms with van der Waals surface area (Å²) in [7, 11) is 0. The minimum Gasteiger partial charge on any atom is -0.392 e. The zero-order valence-electron chi connectivity index (χ0n) is 12.7. The summed E-state index contributed by atoms with van der Waals surface area (Å²) in [6.07, 6.45) is 17.5. The summed E-state index contributed by atoms with van der Waals surface area (Å²) in [6, 6.07) is 0. The van der Waals surface area contributed by atoms with Crippen molar-refractivity contribution in [2.75, 3.05) is 0 Å². The molecular weight excluding hydrogens is 355 g/mol. The van der Waals surface area contributed by atoms with Crippen molar-refractivity contribution in [3.05, 3.63) is 96.6 Å². The first-order chi connectivity index (χ1) is 11.1. The average molecular weight is 372 g/mol. The summed E-state index contributed by atoms with van der Waals surface area (Å²) < 4.78 is 14.0. The summed E-state index contributed by atoms with van der Waals surface area (Å²) in [6.45, 7) is 0.124. The molecule has 24 heavy (non-hydrogen) atoms. The number of hydrogen-bond acceptors (Lipinski definition) is 3. The van der Waals surface area contributed by atoms with Gasteiger partial charge in [0.2, 0.25) is 5.82 Å². The molecule has 1 aromatic rings. The Hall–Kier alpha value is -0.911. The SMILES string of the molecule is O=c1[nH]c(=O)n(CCC(O)[C]2[CH][CH][CH][CH]2)cc1F.[CH]1[CH][CH][CH][CH]1.[Fe+2]. The molecule has 2 saturated carbocycles. The van der Waals surface area contributed by atoms with E-state index in [9.17, 15) is 19.1 Å². The zero-order valence-corrected chi connectivity index (χ0v) is 13.8. The van der Waals surface area contributed by atoms with E-state index in [2.05, 4.69) is 0 Å². The smallest absolute Gasteiger partial charge is 0.392 e. The Morgan fingerprint density at radius 3 is 2.12 bits per heavy atom. The second-order valence-corrected chi connectivity index (χ2v) is 4.91. The Morgan fingerprint density at radius 1 is 1.04 bits per heavy atom. The molecule has 1 unspecified atom stereocenters. The van der Waals surface area contributed by atoms with Crippen LogP contribution >= 0.6 is 0 Å². The van der Waals surface area contributed by atoms with E-state index in [0.717, 1.165) is 16.7 Å². The maximum Gasteiger partial charge on any atom is 2.00 e. The zero-order chi connectivity index (χ0) is 16.7. The van der Waals surface area contributed by atoms with Crippen molar-refractivity contribution in [2.45, 2.75) is 19.1 Å². The summed E-state index contributed by atoms with van der Waals surface area (Å²) >= 11 is 0. The van der Waals surface area contributed by atoms with Crippen molar-refractivity contribution >= 4 is 0 Å². The number of aromatic nitrogens is 2. The molecule has 7 heteroatoms. The molecule has 5 nitrogen and oxygen atoms in total. The third kappa shape index (κ3) is 6.53. The van der Waals surface area contributed by atoms with Gasteiger partial charge in [-0.15, -0.1) is 0 Å². The standard InChI is InChI=1S/C12H12FN2O3.C5H5.Fe/c13-9-7-15(12(18)14-11(9)17)6-5-10(16)8-3-1-2-4-8;1-2-4-5-3-1;/h1-4,7,10,16H,5-6H2,(H,14,17,18);1-5H;/q;;+2. The van der Waals surface area contributed by atoms with E-state index in [0.29, 0.717) is 0 Å². The van der Waals surface area contributed by atoms with Gasteiger partial charge in [-0.25, -0.2) is 4.79 Å². The van der Waals surface area contributed by atoms with Crippen LogP contribution in [0, 0.1) is 69.5 Å². The molecule has 0 saturated heterocycles. The molecule has 0 amide bonds. The predicted octanol–water partition coefficient (Wildman–Crippen LogP) is 0.851. The van der Waals surface area contributed by atoms with Gasteiger partial charge in [-0.05, 0) is 64.2 Å². The van der Waals surface area contributed by atoms with Gasteiger partial charge in [0.1, 0.15) is 0 Å². The number of rotatable bonds is 4. The quantitative estimate of drug-likeness (QED) is 0.770. The van der Waals surface area contributed by atoms with E-state index in [1.165, 1.54) is 0 Å². The fraction of sp³-hybridized carbons (Fsp3) is 0.176. The van der Waals surface area contributed by atoms with Gasteiger partial charge in [0, 0.05) is 12.5 Å². The van der Waals surface area contributed by atoms with Crippen molar-refractivity contribution in [2.24, 2.45) is 0 Å².